The average molecular weight is 285 g/mol. The Morgan fingerprint density at radius 2 is 1.75 bits per heavy atom. The number of aliphatic carboxylic acids is 1. The fraction of sp³-hybridized carbons (Fsp3) is 0.867. The van der Waals surface area contributed by atoms with E-state index in [1.54, 1.807) is 0 Å². The number of carbonyl (C=O) groups excluding carboxylic acids is 1. The molecule has 0 radical (unpaired) electrons. The Bertz CT molecular complexity index is 340. The smallest absolute Gasteiger partial charge is 0.332 e. The Balaban J connectivity index is 2.28. The standard InChI is InChI=1S/C15H27NO4/c1-15(2,3)11-6-4-10(5-7-11)13(18)16-9-8-12(17)14(19)20/h10-12,17H,4-9H2,1-3H3,(H,16,18)(H,19,20)/t10?,11?,12-/m0/s1. The topological polar surface area (TPSA) is 86.6 Å². The summed E-state index contributed by atoms with van der Waals surface area (Å²) in [6.45, 7) is 6.94. The Kier molecular flexibility index (Phi) is 5.99. The first-order valence-electron chi connectivity index (χ1n) is 7.40. The molecule has 0 bridgehead atoms. The second kappa shape index (κ2) is 7.07. The van der Waals surface area contributed by atoms with Gasteiger partial charge in [-0.05, 0) is 37.0 Å². The Morgan fingerprint density at radius 1 is 1.20 bits per heavy atom. The maximum atomic E-state index is 12.0. The molecule has 1 amide bonds. The Labute approximate surface area is 120 Å². The van der Waals surface area contributed by atoms with Gasteiger partial charge in [-0.1, -0.05) is 20.8 Å². The van der Waals surface area contributed by atoms with Crippen LogP contribution in [-0.2, 0) is 9.59 Å². The number of hydrogen-bond acceptors (Lipinski definition) is 3. The molecule has 1 fully saturated rings. The lowest BCUT2D eigenvalue weighted by atomic mass is 9.69. The van der Waals surface area contributed by atoms with Crippen LogP contribution in [0.25, 0.3) is 0 Å². The van der Waals surface area contributed by atoms with Crippen LogP contribution in [-0.4, -0.2) is 34.7 Å². The largest absolute Gasteiger partial charge is 0.479 e. The van der Waals surface area contributed by atoms with Crippen molar-refractivity contribution in [1.82, 2.24) is 5.32 Å². The summed E-state index contributed by atoms with van der Waals surface area (Å²) >= 11 is 0. The summed E-state index contributed by atoms with van der Waals surface area (Å²) in [5.41, 5.74) is 0.299. The van der Waals surface area contributed by atoms with Crippen LogP contribution in [0.2, 0.25) is 0 Å². The number of carboxylic acid groups (broad SMARTS) is 1. The van der Waals surface area contributed by atoms with Crippen LogP contribution in [0, 0.1) is 17.3 Å². The van der Waals surface area contributed by atoms with Gasteiger partial charge in [0, 0.05) is 18.9 Å². The number of amides is 1. The molecule has 0 heterocycles. The Hall–Kier alpha value is -1.10. The molecule has 0 aromatic rings. The van der Waals surface area contributed by atoms with Crippen LogP contribution in [0.15, 0.2) is 0 Å². The fourth-order valence-electron chi connectivity index (χ4n) is 2.82. The zero-order valence-electron chi connectivity index (χ0n) is 12.7. The minimum Gasteiger partial charge on any atom is -0.479 e. The summed E-state index contributed by atoms with van der Waals surface area (Å²) in [5, 5.41) is 20.4. The molecular formula is C15H27NO4. The van der Waals surface area contributed by atoms with Crippen molar-refractivity contribution in [1.29, 1.82) is 0 Å². The van der Waals surface area contributed by atoms with Crippen molar-refractivity contribution in [3.63, 3.8) is 0 Å². The van der Waals surface area contributed by atoms with Gasteiger partial charge in [-0.25, -0.2) is 4.79 Å². The van der Waals surface area contributed by atoms with Crippen LogP contribution in [0.3, 0.4) is 0 Å². The maximum Gasteiger partial charge on any atom is 0.332 e. The van der Waals surface area contributed by atoms with Crippen molar-refractivity contribution in [2.24, 2.45) is 17.3 Å². The van der Waals surface area contributed by atoms with Crippen molar-refractivity contribution in [3.05, 3.63) is 0 Å². The van der Waals surface area contributed by atoms with E-state index < -0.39 is 12.1 Å². The number of hydrogen-bond donors (Lipinski definition) is 3. The Morgan fingerprint density at radius 3 is 2.20 bits per heavy atom. The molecule has 0 aromatic carbocycles. The maximum absolute atomic E-state index is 12.0. The van der Waals surface area contributed by atoms with Crippen LogP contribution in [0.4, 0.5) is 0 Å². The number of nitrogens with one attached hydrogen (secondary N) is 1. The zero-order chi connectivity index (χ0) is 15.3. The van der Waals surface area contributed by atoms with E-state index in [-0.39, 0.29) is 24.8 Å². The lowest BCUT2D eigenvalue weighted by molar-refractivity contribution is -0.147. The highest BCUT2D eigenvalue weighted by molar-refractivity contribution is 5.78. The van der Waals surface area contributed by atoms with Crippen molar-refractivity contribution in [2.45, 2.75) is 59.0 Å². The number of aliphatic hydroxyl groups is 1. The summed E-state index contributed by atoms with van der Waals surface area (Å²) in [7, 11) is 0. The summed E-state index contributed by atoms with van der Waals surface area (Å²) in [4.78, 5) is 22.4. The van der Waals surface area contributed by atoms with Crippen molar-refractivity contribution in [2.75, 3.05) is 6.54 Å². The molecule has 116 valence electrons. The van der Waals surface area contributed by atoms with E-state index in [9.17, 15) is 9.59 Å². The molecule has 1 aliphatic carbocycles. The van der Waals surface area contributed by atoms with Gasteiger partial charge in [0.25, 0.3) is 0 Å². The van der Waals surface area contributed by atoms with Gasteiger partial charge in [-0.15, -0.1) is 0 Å². The van der Waals surface area contributed by atoms with Crippen molar-refractivity contribution >= 4 is 11.9 Å². The van der Waals surface area contributed by atoms with Crippen LogP contribution < -0.4 is 5.32 Å². The number of carboxylic acids is 1. The number of carbonyl (C=O) groups is 2. The molecule has 5 heteroatoms. The van der Waals surface area contributed by atoms with E-state index in [2.05, 4.69) is 26.1 Å². The minimum absolute atomic E-state index is 0.00468. The quantitative estimate of drug-likeness (QED) is 0.718. The van der Waals surface area contributed by atoms with E-state index >= 15 is 0 Å². The average Bonchev–Trinajstić information content (AvgIpc) is 2.37. The zero-order valence-corrected chi connectivity index (χ0v) is 12.7. The fourth-order valence-corrected chi connectivity index (χ4v) is 2.82. The third kappa shape index (κ3) is 5.12. The van der Waals surface area contributed by atoms with E-state index in [1.165, 1.54) is 0 Å². The highest BCUT2D eigenvalue weighted by Crippen LogP contribution is 2.39. The second-order valence-corrected chi connectivity index (χ2v) is 6.85. The molecule has 5 nitrogen and oxygen atoms in total. The molecule has 1 saturated carbocycles. The van der Waals surface area contributed by atoms with Gasteiger partial charge >= 0.3 is 5.97 Å². The number of rotatable bonds is 5. The van der Waals surface area contributed by atoms with Gasteiger partial charge in [0.2, 0.25) is 5.91 Å². The first kappa shape index (κ1) is 17.0. The van der Waals surface area contributed by atoms with Crippen molar-refractivity contribution < 1.29 is 19.8 Å². The molecule has 0 aliphatic heterocycles. The molecule has 0 aromatic heterocycles. The van der Waals surface area contributed by atoms with E-state index in [0.29, 0.717) is 11.3 Å². The van der Waals surface area contributed by atoms with Crippen LogP contribution in [0.5, 0.6) is 0 Å². The summed E-state index contributed by atoms with van der Waals surface area (Å²) < 4.78 is 0. The molecule has 1 rings (SSSR count). The monoisotopic (exact) mass is 285 g/mol. The first-order chi connectivity index (χ1) is 9.21. The number of aliphatic hydroxyl groups excluding tert-OH is 1. The van der Waals surface area contributed by atoms with Crippen LogP contribution in [0.1, 0.15) is 52.9 Å². The van der Waals surface area contributed by atoms with Gasteiger partial charge in [0.15, 0.2) is 6.10 Å². The molecule has 0 spiro atoms. The van der Waals surface area contributed by atoms with Gasteiger partial charge < -0.3 is 15.5 Å². The van der Waals surface area contributed by atoms with Gasteiger partial charge in [-0.2, -0.15) is 0 Å². The highest BCUT2D eigenvalue weighted by Gasteiger charge is 2.32. The van der Waals surface area contributed by atoms with Gasteiger partial charge in [-0.3, -0.25) is 4.79 Å². The predicted molar refractivity (Wildman–Crippen MR) is 76.2 cm³/mol. The molecule has 1 atom stereocenters. The molecule has 20 heavy (non-hydrogen) atoms. The molecule has 0 saturated heterocycles. The third-order valence-electron chi connectivity index (χ3n) is 4.32. The summed E-state index contributed by atoms with van der Waals surface area (Å²) in [6.07, 6.45) is 2.59. The summed E-state index contributed by atoms with van der Waals surface area (Å²) in [5.74, 6) is -0.546. The van der Waals surface area contributed by atoms with E-state index in [0.717, 1.165) is 25.7 Å². The highest BCUT2D eigenvalue weighted by atomic mass is 16.4. The third-order valence-corrected chi connectivity index (χ3v) is 4.32. The molecule has 1 aliphatic rings. The van der Waals surface area contributed by atoms with E-state index in [4.69, 9.17) is 10.2 Å². The molecule has 3 N–H and O–H groups in total. The van der Waals surface area contributed by atoms with Crippen molar-refractivity contribution in [3.8, 4) is 0 Å². The van der Waals surface area contributed by atoms with E-state index in [1.807, 2.05) is 0 Å². The second-order valence-electron chi connectivity index (χ2n) is 6.85. The molecular weight excluding hydrogens is 258 g/mol. The lowest BCUT2D eigenvalue weighted by Crippen LogP contribution is -2.37. The molecule has 0 unspecified atom stereocenters. The minimum atomic E-state index is -1.40. The van der Waals surface area contributed by atoms with Gasteiger partial charge in [0.1, 0.15) is 0 Å². The normalized spacial score (nSPS) is 25.0. The SMILES string of the molecule is CC(C)(C)C1CCC(C(=O)NCC[C@H](O)C(=O)O)CC1. The van der Waals surface area contributed by atoms with Crippen LogP contribution >= 0.6 is 0 Å². The van der Waals surface area contributed by atoms with Gasteiger partial charge in [0.05, 0.1) is 0 Å². The first-order valence-corrected chi connectivity index (χ1v) is 7.40. The lowest BCUT2D eigenvalue weighted by Gasteiger charge is -2.36. The summed E-state index contributed by atoms with van der Waals surface area (Å²) in [6, 6.07) is 0. The predicted octanol–water partition coefficient (Wildman–Crippen LogP) is 1.79.